The number of rotatable bonds is 7. The lowest BCUT2D eigenvalue weighted by atomic mass is 9.87. The van der Waals surface area contributed by atoms with E-state index in [1.54, 1.807) is 7.05 Å². The maximum Gasteiger partial charge on any atom is 0.220 e. The molecule has 1 aliphatic carbocycles. The Morgan fingerprint density at radius 2 is 2.00 bits per heavy atom. The van der Waals surface area contributed by atoms with Crippen molar-refractivity contribution in [1.29, 1.82) is 0 Å². The summed E-state index contributed by atoms with van der Waals surface area (Å²) in [7, 11) is 5.84. The van der Waals surface area contributed by atoms with Crippen LogP contribution in [0.1, 0.15) is 44.2 Å². The van der Waals surface area contributed by atoms with Gasteiger partial charge in [0.05, 0.1) is 6.54 Å². The molecule has 0 saturated heterocycles. The number of aromatic nitrogens is 1. The highest BCUT2D eigenvalue weighted by Gasteiger charge is 2.16. The first kappa shape index (κ1) is 19.3. The third kappa shape index (κ3) is 6.44. The molecule has 6 nitrogen and oxygen atoms in total. The largest absolute Gasteiger partial charge is 0.354 e. The van der Waals surface area contributed by atoms with Gasteiger partial charge in [-0.2, -0.15) is 0 Å². The number of hydrogen-bond acceptors (Lipinski definition) is 2. The number of carbonyl (C=O) groups excluding carboxylic acids is 1. The first-order valence-corrected chi connectivity index (χ1v) is 9.39. The highest BCUT2D eigenvalue weighted by Crippen LogP contribution is 2.25. The van der Waals surface area contributed by atoms with E-state index in [0.29, 0.717) is 25.4 Å². The molecule has 1 saturated carbocycles. The Hall–Kier alpha value is -1.98. The van der Waals surface area contributed by atoms with Gasteiger partial charge in [-0.05, 0) is 30.9 Å². The number of hydrogen-bond donors (Lipinski definition) is 2. The van der Waals surface area contributed by atoms with Crippen LogP contribution in [0.15, 0.2) is 23.3 Å². The normalized spacial score (nSPS) is 15.9. The van der Waals surface area contributed by atoms with Gasteiger partial charge in [0.25, 0.3) is 0 Å². The molecule has 0 aliphatic heterocycles. The van der Waals surface area contributed by atoms with Crippen LogP contribution in [0.3, 0.4) is 0 Å². The molecule has 1 aromatic rings. The summed E-state index contributed by atoms with van der Waals surface area (Å²) in [6, 6.07) is 4.15. The predicted octanol–water partition coefficient (Wildman–Crippen LogP) is 2.12. The van der Waals surface area contributed by atoms with Crippen molar-refractivity contribution in [2.75, 3.05) is 27.2 Å². The Bertz CT molecular complexity index is 560. The number of guanidine groups is 1. The molecule has 0 bridgehead atoms. The van der Waals surface area contributed by atoms with Gasteiger partial charge in [0.15, 0.2) is 5.96 Å². The molecule has 2 rings (SSSR count). The molecule has 6 heteroatoms. The maximum absolute atomic E-state index is 12.0. The molecular formula is C19H33N5O. The second-order valence-electron chi connectivity index (χ2n) is 7.00. The molecule has 140 valence electrons. The Morgan fingerprint density at radius 1 is 1.28 bits per heavy atom. The van der Waals surface area contributed by atoms with Gasteiger partial charge in [0, 0.05) is 52.5 Å². The van der Waals surface area contributed by atoms with Gasteiger partial charge in [-0.15, -0.1) is 0 Å². The molecule has 0 atom stereocenters. The lowest BCUT2D eigenvalue weighted by molar-refractivity contribution is -0.122. The minimum atomic E-state index is 0.181. The van der Waals surface area contributed by atoms with Crippen molar-refractivity contribution in [2.45, 2.75) is 45.1 Å². The summed E-state index contributed by atoms with van der Waals surface area (Å²) in [5, 5.41) is 6.34. The lowest BCUT2D eigenvalue weighted by Gasteiger charge is -2.23. The molecule has 1 aliphatic rings. The number of aryl methyl sites for hydroxylation is 1. The Kier molecular flexibility index (Phi) is 7.82. The van der Waals surface area contributed by atoms with E-state index in [2.05, 4.69) is 31.2 Å². The van der Waals surface area contributed by atoms with Crippen LogP contribution in [0.2, 0.25) is 0 Å². The van der Waals surface area contributed by atoms with E-state index < -0.39 is 0 Å². The van der Waals surface area contributed by atoms with Gasteiger partial charge in [0.2, 0.25) is 5.91 Å². The van der Waals surface area contributed by atoms with E-state index in [1.807, 2.05) is 26.4 Å². The quantitative estimate of drug-likeness (QED) is 0.451. The molecule has 1 amide bonds. The number of aliphatic imine (C=N–C) groups is 1. The van der Waals surface area contributed by atoms with E-state index in [1.165, 1.54) is 37.8 Å². The Balaban J connectivity index is 1.65. The van der Waals surface area contributed by atoms with Crippen molar-refractivity contribution < 1.29 is 4.79 Å². The number of carbonyl (C=O) groups is 1. The molecule has 0 aromatic carbocycles. The van der Waals surface area contributed by atoms with Gasteiger partial charge >= 0.3 is 0 Å². The van der Waals surface area contributed by atoms with E-state index >= 15 is 0 Å². The summed E-state index contributed by atoms with van der Waals surface area (Å²) in [5.74, 6) is 1.61. The second kappa shape index (κ2) is 10.1. The van der Waals surface area contributed by atoms with E-state index in [-0.39, 0.29) is 5.91 Å². The van der Waals surface area contributed by atoms with Crippen LogP contribution < -0.4 is 10.6 Å². The van der Waals surface area contributed by atoms with Gasteiger partial charge < -0.3 is 20.1 Å². The van der Waals surface area contributed by atoms with E-state index in [9.17, 15) is 4.79 Å². The average molecular weight is 348 g/mol. The zero-order valence-electron chi connectivity index (χ0n) is 15.9. The Morgan fingerprint density at radius 3 is 2.64 bits per heavy atom. The Labute approximate surface area is 151 Å². The fraction of sp³-hybridized carbons (Fsp3) is 0.684. The van der Waals surface area contributed by atoms with Gasteiger partial charge in [-0.25, -0.2) is 0 Å². The molecule has 0 radical (unpaired) electrons. The van der Waals surface area contributed by atoms with Gasteiger partial charge in [-0.1, -0.05) is 19.3 Å². The fourth-order valence-corrected chi connectivity index (χ4v) is 3.47. The summed E-state index contributed by atoms with van der Waals surface area (Å²) in [4.78, 5) is 18.4. The van der Waals surface area contributed by atoms with Crippen molar-refractivity contribution in [1.82, 2.24) is 20.1 Å². The highest BCUT2D eigenvalue weighted by molar-refractivity contribution is 5.79. The summed E-state index contributed by atoms with van der Waals surface area (Å²) < 4.78 is 2.11. The maximum atomic E-state index is 12.0. The molecule has 1 aromatic heterocycles. The van der Waals surface area contributed by atoms with Crippen LogP contribution in [-0.4, -0.2) is 48.5 Å². The smallest absolute Gasteiger partial charge is 0.220 e. The van der Waals surface area contributed by atoms with Crippen LogP contribution in [0, 0.1) is 5.92 Å². The van der Waals surface area contributed by atoms with Crippen LogP contribution in [0.5, 0.6) is 0 Å². The average Bonchev–Trinajstić information content (AvgIpc) is 3.00. The zero-order chi connectivity index (χ0) is 18.1. The zero-order valence-corrected chi connectivity index (χ0v) is 15.9. The standard InChI is InChI=1S/C19H33N5O/c1-20-19(24(3)15-17-10-7-13-23(17)2)22-12-11-21-18(25)14-16-8-5-4-6-9-16/h7,10,13,16H,4-6,8-9,11-12,14-15H2,1-3H3,(H,20,22)(H,21,25). The van der Waals surface area contributed by atoms with E-state index in [0.717, 1.165) is 12.5 Å². The number of nitrogens with zero attached hydrogens (tertiary/aromatic N) is 3. The number of nitrogens with one attached hydrogen (secondary N) is 2. The molecular weight excluding hydrogens is 314 g/mol. The minimum Gasteiger partial charge on any atom is -0.354 e. The van der Waals surface area contributed by atoms with Crippen LogP contribution in [0.4, 0.5) is 0 Å². The van der Waals surface area contributed by atoms with Crippen molar-refractivity contribution in [3.05, 3.63) is 24.0 Å². The fourth-order valence-electron chi connectivity index (χ4n) is 3.47. The first-order chi connectivity index (χ1) is 12.1. The van der Waals surface area contributed by atoms with Crippen LogP contribution in [-0.2, 0) is 18.4 Å². The van der Waals surface area contributed by atoms with Crippen molar-refractivity contribution in [3.8, 4) is 0 Å². The summed E-state index contributed by atoms with van der Waals surface area (Å²) >= 11 is 0. The minimum absolute atomic E-state index is 0.181. The molecule has 25 heavy (non-hydrogen) atoms. The topological polar surface area (TPSA) is 61.7 Å². The summed E-state index contributed by atoms with van der Waals surface area (Å²) in [6.07, 6.45) is 9.04. The van der Waals surface area contributed by atoms with Crippen LogP contribution in [0.25, 0.3) is 0 Å². The molecule has 0 spiro atoms. The van der Waals surface area contributed by atoms with Crippen LogP contribution >= 0.6 is 0 Å². The lowest BCUT2D eigenvalue weighted by Crippen LogP contribution is -2.42. The molecule has 2 N–H and O–H groups in total. The molecule has 0 unspecified atom stereocenters. The number of amides is 1. The highest BCUT2D eigenvalue weighted by atomic mass is 16.1. The van der Waals surface area contributed by atoms with Crippen molar-refractivity contribution in [3.63, 3.8) is 0 Å². The summed E-state index contributed by atoms with van der Waals surface area (Å²) in [6.45, 7) is 2.10. The van der Waals surface area contributed by atoms with Crippen molar-refractivity contribution in [2.24, 2.45) is 18.0 Å². The van der Waals surface area contributed by atoms with Gasteiger partial charge in [-0.3, -0.25) is 9.79 Å². The predicted molar refractivity (Wildman–Crippen MR) is 102 cm³/mol. The second-order valence-corrected chi connectivity index (χ2v) is 7.00. The third-order valence-electron chi connectivity index (χ3n) is 4.95. The first-order valence-electron chi connectivity index (χ1n) is 9.39. The molecule has 1 heterocycles. The van der Waals surface area contributed by atoms with Gasteiger partial charge in [0.1, 0.15) is 0 Å². The third-order valence-corrected chi connectivity index (χ3v) is 4.95. The monoisotopic (exact) mass is 347 g/mol. The SMILES string of the molecule is CN=C(NCCNC(=O)CC1CCCCC1)N(C)Cc1cccn1C. The van der Waals surface area contributed by atoms with E-state index in [4.69, 9.17) is 0 Å². The summed E-state index contributed by atoms with van der Waals surface area (Å²) in [5.41, 5.74) is 1.23. The van der Waals surface area contributed by atoms with Crippen molar-refractivity contribution >= 4 is 11.9 Å². The molecule has 1 fully saturated rings.